The van der Waals surface area contributed by atoms with E-state index in [1.54, 1.807) is 6.20 Å². The quantitative estimate of drug-likeness (QED) is 0.699. The van der Waals surface area contributed by atoms with Crippen molar-refractivity contribution in [1.82, 2.24) is 9.78 Å². The van der Waals surface area contributed by atoms with Crippen LogP contribution in [0.4, 0.5) is 0 Å². The fourth-order valence-electron chi connectivity index (χ4n) is 1.37. The van der Waals surface area contributed by atoms with Crippen LogP contribution < -0.4 is 4.74 Å². The highest BCUT2D eigenvalue weighted by Crippen LogP contribution is 2.29. The van der Waals surface area contributed by atoms with Crippen LogP contribution in [0.1, 0.15) is 19.8 Å². The summed E-state index contributed by atoms with van der Waals surface area (Å²) in [5.41, 5.74) is 0. The van der Waals surface area contributed by atoms with Crippen molar-refractivity contribution in [3.05, 3.63) is 12.4 Å². The minimum Gasteiger partial charge on any atom is -0.487 e. The molecule has 1 aromatic rings. The Labute approximate surface area is 82.6 Å². The Morgan fingerprint density at radius 1 is 1.69 bits per heavy atom. The van der Waals surface area contributed by atoms with Crippen molar-refractivity contribution in [3.63, 3.8) is 0 Å². The van der Waals surface area contributed by atoms with E-state index in [1.165, 1.54) is 0 Å². The Hall–Kier alpha value is -0.700. The van der Waals surface area contributed by atoms with E-state index in [-0.39, 0.29) is 0 Å². The summed E-state index contributed by atoms with van der Waals surface area (Å²) in [7, 11) is 0. The molecular formula is C9H13ClN2O. The second kappa shape index (κ2) is 3.58. The first-order valence-electron chi connectivity index (χ1n) is 4.61. The van der Waals surface area contributed by atoms with Crippen molar-refractivity contribution < 1.29 is 4.74 Å². The van der Waals surface area contributed by atoms with Crippen LogP contribution >= 0.6 is 11.6 Å². The summed E-state index contributed by atoms with van der Waals surface area (Å²) < 4.78 is 7.49. The number of alkyl halides is 1. The third-order valence-corrected chi connectivity index (χ3v) is 2.63. The summed E-state index contributed by atoms with van der Waals surface area (Å²) in [5.74, 6) is 0.857. The molecule has 0 aliphatic heterocycles. The highest BCUT2D eigenvalue weighted by molar-refractivity contribution is 6.21. The molecule has 1 aliphatic rings. The van der Waals surface area contributed by atoms with Gasteiger partial charge in [-0.3, -0.25) is 4.68 Å². The molecule has 0 N–H and O–H groups in total. The molecule has 0 atom stereocenters. The first kappa shape index (κ1) is 8.88. The molecule has 0 spiro atoms. The lowest BCUT2D eigenvalue weighted by molar-refractivity contribution is 0.124. The number of rotatable bonds is 3. The zero-order chi connectivity index (χ0) is 9.26. The number of aromatic nitrogens is 2. The summed E-state index contributed by atoms with van der Waals surface area (Å²) >= 11 is 5.84. The molecule has 2 rings (SSSR count). The second-order valence-electron chi connectivity index (χ2n) is 3.34. The molecule has 72 valence electrons. The normalized spacial score (nSPS) is 26.9. The van der Waals surface area contributed by atoms with Crippen molar-refractivity contribution in [2.45, 2.75) is 37.8 Å². The molecule has 0 amide bonds. The number of hydrogen-bond acceptors (Lipinski definition) is 2. The molecule has 1 heterocycles. The molecule has 0 bridgehead atoms. The van der Waals surface area contributed by atoms with E-state index < -0.39 is 0 Å². The van der Waals surface area contributed by atoms with Gasteiger partial charge in [-0.1, -0.05) is 0 Å². The Morgan fingerprint density at radius 2 is 2.46 bits per heavy atom. The van der Waals surface area contributed by atoms with E-state index in [0.29, 0.717) is 11.5 Å². The van der Waals surface area contributed by atoms with E-state index in [1.807, 2.05) is 10.9 Å². The molecule has 1 fully saturated rings. The molecule has 1 saturated carbocycles. The van der Waals surface area contributed by atoms with Gasteiger partial charge in [-0.25, -0.2) is 0 Å². The average molecular weight is 201 g/mol. The van der Waals surface area contributed by atoms with Crippen LogP contribution in [0.3, 0.4) is 0 Å². The van der Waals surface area contributed by atoms with Gasteiger partial charge in [-0.2, -0.15) is 5.10 Å². The Bertz CT molecular complexity index is 281. The van der Waals surface area contributed by atoms with E-state index >= 15 is 0 Å². The van der Waals surface area contributed by atoms with E-state index in [2.05, 4.69) is 12.0 Å². The van der Waals surface area contributed by atoms with Gasteiger partial charge < -0.3 is 4.74 Å². The standard InChI is InChI=1S/C9H13ClN2O/c1-2-12-6-9(5-11-12)13-8-3-7(10)4-8/h5-8H,2-4H2,1H3. The van der Waals surface area contributed by atoms with Gasteiger partial charge in [0.1, 0.15) is 6.10 Å². The maximum absolute atomic E-state index is 5.84. The molecule has 0 saturated heterocycles. The van der Waals surface area contributed by atoms with Crippen LogP contribution in [0.15, 0.2) is 12.4 Å². The minimum atomic E-state index is 0.303. The summed E-state index contributed by atoms with van der Waals surface area (Å²) in [5, 5.41) is 4.44. The Balaban J connectivity index is 1.87. The SMILES string of the molecule is CCn1cc(OC2CC(Cl)C2)cn1. The van der Waals surface area contributed by atoms with Crippen molar-refractivity contribution >= 4 is 11.6 Å². The minimum absolute atomic E-state index is 0.303. The summed E-state index contributed by atoms with van der Waals surface area (Å²) in [6.07, 6.45) is 5.89. The van der Waals surface area contributed by atoms with Crippen LogP contribution in [0, 0.1) is 0 Å². The molecule has 3 nitrogen and oxygen atoms in total. The summed E-state index contributed by atoms with van der Waals surface area (Å²) in [6, 6.07) is 0. The molecule has 1 aliphatic carbocycles. The lowest BCUT2D eigenvalue weighted by Crippen LogP contribution is -2.34. The van der Waals surface area contributed by atoms with Crippen molar-refractivity contribution in [2.75, 3.05) is 0 Å². The van der Waals surface area contributed by atoms with Crippen LogP contribution in [-0.2, 0) is 6.54 Å². The molecule has 4 heteroatoms. The number of ether oxygens (including phenoxy) is 1. The molecule has 1 aromatic heterocycles. The van der Waals surface area contributed by atoms with Crippen LogP contribution in [0.25, 0.3) is 0 Å². The highest BCUT2D eigenvalue weighted by atomic mass is 35.5. The summed E-state index contributed by atoms with van der Waals surface area (Å²) in [4.78, 5) is 0. The Kier molecular flexibility index (Phi) is 2.44. The average Bonchev–Trinajstić information content (AvgIpc) is 2.50. The van der Waals surface area contributed by atoms with Gasteiger partial charge in [0.2, 0.25) is 0 Å². The van der Waals surface area contributed by atoms with Gasteiger partial charge in [0.25, 0.3) is 0 Å². The zero-order valence-corrected chi connectivity index (χ0v) is 8.37. The molecule has 0 unspecified atom stereocenters. The zero-order valence-electron chi connectivity index (χ0n) is 7.61. The third kappa shape index (κ3) is 1.97. The predicted octanol–water partition coefficient (Wildman–Crippen LogP) is 2.05. The van der Waals surface area contributed by atoms with Gasteiger partial charge >= 0.3 is 0 Å². The fourth-order valence-corrected chi connectivity index (χ4v) is 1.77. The number of nitrogens with zero attached hydrogens (tertiary/aromatic N) is 2. The van der Waals surface area contributed by atoms with Crippen molar-refractivity contribution in [3.8, 4) is 5.75 Å². The highest BCUT2D eigenvalue weighted by Gasteiger charge is 2.29. The van der Waals surface area contributed by atoms with Gasteiger partial charge in [0.05, 0.1) is 12.4 Å². The van der Waals surface area contributed by atoms with E-state index in [0.717, 1.165) is 25.1 Å². The smallest absolute Gasteiger partial charge is 0.157 e. The predicted molar refractivity (Wildman–Crippen MR) is 51.2 cm³/mol. The summed E-state index contributed by atoms with van der Waals surface area (Å²) in [6.45, 7) is 2.93. The second-order valence-corrected chi connectivity index (χ2v) is 3.96. The maximum Gasteiger partial charge on any atom is 0.157 e. The van der Waals surface area contributed by atoms with Gasteiger partial charge in [-0.05, 0) is 6.92 Å². The van der Waals surface area contributed by atoms with Gasteiger partial charge in [0, 0.05) is 24.8 Å². The molecule has 0 radical (unpaired) electrons. The number of hydrogen-bond donors (Lipinski definition) is 0. The van der Waals surface area contributed by atoms with E-state index in [9.17, 15) is 0 Å². The van der Waals surface area contributed by atoms with Crippen molar-refractivity contribution in [2.24, 2.45) is 0 Å². The van der Waals surface area contributed by atoms with E-state index in [4.69, 9.17) is 16.3 Å². The van der Waals surface area contributed by atoms with Gasteiger partial charge in [-0.15, -0.1) is 11.6 Å². The van der Waals surface area contributed by atoms with Crippen LogP contribution in [-0.4, -0.2) is 21.3 Å². The van der Waals surface area contributed by atoms with Crippen molar-refractivity contribution in [1.29, 1.82) is 0 Å². The first-order valence-corrected chi connectivity index (χ1v) is 5.04. The Morgan fingerprint density at radius 3 is 3.00 bits per heavy atom. The lowest BCUT2D eigenvalue weighted by Gasteiger charge is -2.30. The first-order chi connectivity index (χ1) is 6.28. The third-order valence-electron chi connectivity index (χ3n) is 2.27. The van der Waals surface area contributed by atoms with Crippen LogP contribution in [0.5, 0.6) is 5.75 Å². The number of halogens is 1. The van der Waals surface area contributed by atoms with Crippen LogP contribution in [0.2, 0.25) is 0 Å². The van der Waals surface area contributed by atoms with Gasteiger partial charge in [0.15, 0.2) is 5.75 Å². The lowest BCUT2D eigenvalue weighted by atomic mass is 9.95. The molecule has 0 aromatic carbocycles. The fraction of sp³-hybridized carbons (Fsp3) is 0.667. The topological polar surface area (TPSA) is 27.1 Å². The largest absolute Gasteiger partial charge is 0.487 e. The number of aryl methyl sites for hydroxylation is 1. The maximum atomic E-state index is 5.84. The monoisotopic (exact) mass is 200 g/mol. The molecule has 13 heavy (non-hydrogen) atoms. The molecular weight excluding hydrogens is 188 g/mol.